The molecule has 1 atom stereocenters. The van der Waals surface area contributed by atoms with Crippen LogP contribution in [0.1, 0.15) is 19.3 Å². The molecule has 2 heteroatoms. The van der Waals surface area contributed by atoms with Gasteiger partial charge < -0.3 is 5.11 Å². The maximum Gasteiger partial charge on any atom is 0.0445 e. The first-order valence-corrected chi connectivity index (χ1v) is 3.52. The summed E-state index contributed by atoms with van der Waals surface area (Å²) in [6.07, 6.45) is 3.35. The summed E-state index contributed by atoms with van der Waals surface area (Å²) >= 11 is 0. The van der Waals surface area contributed by atoms with Crippen molar-refractivity contribution >= 4 is 0 Å². The van der Waals surface area contributed by atoms with Gasteiger partial charge in [-0.2, -0.15) is 0 Å². The van der Waals surface area contributed by atoms with Crippen LogP contribution in [0.4, 0.5) is 0 Å². The molecular formula is C7H14NO. The van der Waals surface area contributed by atoms with Crippen molar-refractivity contribution in [2.75, 3.05) is 13.2 Å². The molecule has 1 unspecified atom stereocenters. The van der Waals surface area contributed by atoms with Crippen LogP contribution in [0.3, 0.4) is 0 Å². The molecule has 1 radical (unpaired) electrons. The minimum absolute atomic E-state index is 0.302. The lowest BCUT2D eigenvalue weighted by molar-refractivity contribution is 0.231. The van der Waals surface area contributed by atoms with Crippen LogP contribution in [-0.2, 0) is 0 Å². The molecule has 0 aromatic carbocycles. The Hall–Kier alpha value is -0.0800. The zero-order valence-corrected chi connectivity index (χ0v) is 5.71. The molecule has 2 nitrogen and oxygen atoms in total. The lowest BCUT2D eigenvalue weighted by atomic mass is 10.2. The predicted octanol–water partition coefficient (Wildman–Crippen LogP) is 0.625. The van der Waals surface area contributed by atoms with E-state index in [0.29, 0.717) is 12.6 Å². The monoisotopic (exact) mass is 128 g/mol. The molecule has 1 aliphatic heterocycles. The fourth-order valence-electron chi connectivity index (χ4n) is 1.37. The molecule has 9 heavy (non-hydrogen) atoms. The largest absolute Gasteiger partial charge is 0.396 e. The van der Waals surface area contributed by atoms with Crippen LogP contribution in [0, 0.1) is 7.05 Å². The van der Waals surface area contributed by atoms with Crippen LogP contribution in [0.5, 0.6) is 0 Å². The Bertz CT molecular complexity index is 85.0. The van der Waals surface area contributed by atoms with Gasteiger partial charge in [-0.3, -0.25) is 4.90 Å². The van der Waals surface area contributed by atoms with Crippen molar-refractivity contribution in [1.29, 1.82) is 0 Å². The SMILES string of the molecule is [CH2]N1CCCC1CCO. The van der Waals surface area contributed by atoms with Gasteiger partial charge in [-0.05, 0) is 25.8 Å². The van der Waals surface area contributed by atoms with E-state index in [0.717, 1.165) is 13.0 Å². The van der Waals surface area contributed by atoms with E-state index in [4.69, 9.17) is 5.11 Å². The topological polar surface area (TPSA) is 23.5 Å². The van der Waals surface area contributed by atoms with Crippen molar-refractivity contribution in [2.24, 2.45) is 0 Å². The third kappa shape index (κ3) is 1.66. The van der Waals surface area contributed by atoms with Crippen LogP contribution in [0.15, 0.2) is 0 Å². The molecule has 0 aliphatic carbocycles. The van der Waals surface area contributed by atoms with Crippen LogP contribution in [0.25, 0.3) is 0 Å². The highest BCUT2D eigenvalue weighted by Crippen LogP contribution is 2.17. The van der Waals surface area contributed by atoms with Gasteiger partial charge in [0.25, 0.3) is 0 Å². The van der Waals surface area contributed by atoms with Crippen molar-refractivity contribution in [3.63, 3.8) is 0 Å². The van der Waals surface area contributed by atoms with Gasteiger partial charge in [0.2, 0.25) is 0 Å². The first-order chi connectivity index (χ1) is 4.34. The number of rotatable bonds is 2. The zero-order valence-electron chi connectivity index (χ0n) is 5.71. The summed E-state index contributed by atoms with van der Waals surface area (Å²) in [6.45, 7) is 1.40. The smallest absolute Gasteiger partial charge is 0.0445 e. The van der Waals surface area contributed by atoms with Gasteiger partial charge in [0, 0.05) is 19.7 Å². The average Bonchev–Trinajstić information content (AvgIpc) is 2.18. The summed E-state index contributed by atoms with van der Waals surface area (Å²) in [5.41, 5.74) is 0. The molecule has 1 rings (SSSR count). The number of aliphatic hydroxyl groups is 1. The lowest BCUT2D eigenvalue weighted by Crippen LogP contribution is -2.23. The Kier molecular flexibility index (Phi) is 2.49. The summed E-state index contributed by atoms with van der Waals surface area (Å²) in [4.78, 5) is 2.08. The standard InChI is InChI=1S/C7H14NO/c1-8-5-2-3-7(8)4-6-9/h7,9H,1-6H2. The van der Waals surface area contributed by atoms with Gasteiger partial charge in [-0.25, -0.2) is 0 Å². The third-order valence-electron chi connectivity index (χ3n) is 1.96. The average molecular weight is 128 g/mol. The molecule has 0 amide bonds. The summed E-state index contributed by atoms with van der Waals surface area (Å²) in [5.74, 6) is 0. The van der Waals surface area contributed by atoms with Gasteiger partial charge >= 0.3 is 0 Å². The van der Waals surface area contributed by atoms with Crippen LogP contribution in [-0.4, -0.2) is 29.2 Å². The van der Waals surface area contributed by atoms with Gasteiger partial charge in [-0.15, -0.1) is 0 Å². The third-order valence-corrected chi connectivity index (χ3v) is 1.96. The molecule has 53 valence electrons. The number of hydrogen-bond acceptors (Lipinski definition) is 2. The van der Waals surface area contributed by atoms with Crippen LogP contribution in [0.2, 0.25) is 0 Å². The van der Waals surface area contributed by atoms with Gasteiger partial charge in [0.1, 0.15) is 0 Å². The molecule has 0 aromatic heterocycles. The van der Waals surface area contributed by atoms with E-state index in [9.17, 15) is 0 Å². The van der Waals surface area contributed by atoms with Crippen LogP contribution >= 0.6 is 0 Å². The second kappa shape index (κ2) is 3.18. The zero-order chi connectivity index (χ0) is 6.69. The Morgan fingerprint density at radius 3 is 2.89 bits per heavy atom. The van der Waals surface area contributed by atoms with Crippen molar-refractivity contribution in [2.45, 2.75) is 25.3 Å². The Balaban J connectivity index is 2.22. The lowest BCUT2D eigenvalue weighted by Gasteiger charge is -2.16. The van der Waals surface area contributed by atoms with Gasteiger partial charge in [0.15, 0.2) is 0 Å². The number of likely N-dealkylation sites (tertiary alicyclic amines) is 1. The van der Waals surface area contributed by atoms with Crippen molar-refractivity contribution in [3.8, 4) is 0 Å². The molecule has 1 heterocycles. The van der Waals surface area contributed by atoms with Crippen molar-refractivity contribution in [3.05, 3.63) is 7.05 Å². The van der Waals surface area contributed by atoms with E-state index in [1.807, 2.05) is 0 Å². The summed E-state index contributed by atoms with van der Waals surface area (Å²) in [5, 5.41) is 8.59. The maximum absolute atomic E-state index is 8.59. The van der Waals surface area contributed by atoms with E-state index in [-0.39, 0.29) is 0 Å². The molecule has 0 saturated carbocycles. The highest BCUT2D eigenvalue weighted by atomic mass is 16.3. The molecule has 1 aliphatic rings. The molecule has 0 spiro atoms. The predicted molar refractivity (Wildman–Crippen MR) is 36.8 cm³/mol. The van der Waals surface area contributed by atoms with Crippen molar-refractivity contribution < 1.29 is 5.11 Å². The van der Waals surface area contributed by atoms with Gasteiger partial charge in [0.05, 0.1) is 0 Å². The second-order valence-corrected chi connectivity index (χ2v) is 2.62. The fraction of sp³-hybridized carbons (Fsp3) is 0.857. The summed E-state index contributed by atoms with van der Waals surface area (Å²) < 4.78 is 0. The van der Waals surface area contributed by atoms with E-state index >= 15 is 0 Å². The highest BCUT2D eigenvalue weighted by Gasteiger charge is 2.19. The molecule has 1 fully saturated rings. The summed E-state index contributed by atoms with van der Waals surface area (Å²) in [6, 6.07) is 0.551. The molecular weight excluding hydrogens is 114 g/mol. The van der Waals surface area contributed by atoms with E-state index in [1.165, 1.54) is 12.8 Å². The first kappa shape index (κ1) is 7.03. The fourth-order valence-corrected chi connectivity index (χ4v) is 1.37. The van der Waals surface area contributed by atoms with E-state index in [1.54, 1.807) is 0 Å². The first-order valence-electron chi connectivity index (χ1n) is 3.52. The van der Waals surface area contributed by atoms with E-state index < -0.39 is 0 Å². The second-order valence-electron chi connectivity index (χ2n) is 2.62. The minimum Gasteiger partial charge on any atom is -0.396 e. The molecule has 1 N–H and O–H groups in total. The van der Waals surface area contributed by atoms with E-state index in [2.05, 4.69) is 11.9 Å². The Morgan fingerprint density at radius 1 is 1.67 bits per heavy atom. The Labute approximate surface area is 56.5 Å². The van der Waals surface area contributed by atoms with Gasteiger partial charge in [-0.1, -0.05) is 0 Å². The molecule has 0 bridgehead atoms. The maximum atomic E-state index is 8.59. The molecule has 1 saturated heterocycles. The minimum atomic E-state index is 0.302. The number of aliphatic hydroxyl groups excluding tert-OH is 1. The summed E-state index contributed by atoms with van der Waals surface area (Å²) in [7, 11) is 3.86. The normalized spacial score (nSPS) is 29.3. The molecule has 0 aromatic rings. The highest BCUT2D eigenvalue weighted by molar-refractivity contribution is 4.77. The van der Waals surface area contributed by atoms with Crippen molar-refractivity contribution in [1.82, 2.24) is 4.90 Å². The number of nitrogens with zero attached hydrogens (tertiary/aromatic N) is 1. The number of hydrogen-bond donors (Lipinski definition) is 1. The quantitative estimate of drug-likeness (QED) is 0.589. The Morgan fingerprint density at radius 2 is 2.44 bits per heavy atom. The van der Waals surface area contributed by atoms with Crippen LogP contribution < -0.4 is 0 Å².